The normalized spacial score (nSPS) is 14.4. The highest BCUT2D eigenvalue weighted by atomic mass is 79.9. The van der Waals surface area contributed by atoms with Gasteiger partial charge < -0.3 is 10.4 Å². The molecule has 20 heavy (non-hydrogen) atoms. The van der Waals surface area contributed by atoms with Gasteiger partial charge in [-0.1, -0.05) is 28.1 Å². The molecule has 0 fully saturated rings. The highest BCUT2D eigenvalue weighted by Crippen LogP contribution is 2.25. The Balaban J connectivity index is 2.09. The second-order valence-electron chi connectivity index (χ2n) is 5.14. The minimum Gasteiger partial charge on any atom is -0.388 e. The van der Waals surface area contributed by atoms with E-state index in [0.29, 0.717) is 13.1 Å². The summed E-state index contributed by atoms with van der Waals surface area (Å²) in [5.74, 6) is 0.722. The van der Waals surface area contributed by atoms with Crippen LogP contribution in [0.3, 0.4) is 0 Å². The summed E-state index contributed by atoms with van der Waals surface area (Å²) in [6, 6.07) is 8.10. The highest BCUT2D eigenvalue weighted by Gasteiger charge is 2.18. The van der Waals surface area contributed by atoms with Crippen molar-refractivity contribution in [2.75, 3.05) is 18.6 Å². The Morgan fingerprint density at radius 1 is 1.40 bits per heavy atom. The molecule has 0 spiro atoms. The predicted octanol–water partition coefficient (Wildman–Crippen LogP) is 3.20. The lowest BCUT2D eigenvalue weighted by molar-refractivity contribution is 0.0846. The van der Waals surface area contributed by atoms with E-state index in [-0.39, 0.29) is 0 Å². The van der Waals surface area contributed by atoms with Crippen LogP contribution in [0.5, 0.6) is 0 Å². The Hall–Kier alpha value is -0.620. The summed E-state index contributed by atoms with van der Waals surface area (Å²) >= 11 is 5.20. The Bertz CT molecular complexity index is 589. The van der Waals surface area contributed by atoms with Gasteiger partial charge in [-0.25, -0.2) is 0 Å². The zero-order chi connectivity index (χ0) is 14.6. The van der Waals surface area contributed by atoms with E-state index in [1.807, 2.05) is 31.5 Å². The first-order chi connectivity index (χ1) is 9.53. The van der Waals surface area contributed by atoms with E-state index in [1.165, 1.54) is 0 Å². The third kappa shape index (κ3) is 3.95. The molecule has 108 valence electrons. The molecule has 0 aliphatic heterocycles. The van der Waals surface area contributed by atoms with Crippen LogP contribution in [-0.2, 0) is 6.54 Å². The van der Waals surface area contributed by atoms with Crippen molar-refractivity contribution in [2.45, 2.75) is 19.1 Å². The minimum atomic E-state index is -0.683. The van der Waals surface area contributed by atoms with Crippen LogP contribution in [0.25, 0.3) is 10.9 Å². The van der Waals surface area contributed by atoms with Crippen LogP contribution in [0.15, 0.2) is 34.9 Å². The van der Waals surface area contributed by atoms with E-state index < -0.39 is 5.60 Å². The molecule has 1 heterocycles. The fourth-order valence-electron chi connectivity index (χ4n) is 2.17. The molecule has 0 saturated carbocycles. The summed E-state index contributed by atoms with van der Waals surface area (Å²) < 4.78 is 1.05. The van der Waals surface area contributed by atoms with Crippen LogP contribution in [0.1, 0.15) is 12.5 Å². The maximum absolute atomic E-state index is 10.1. The third-order valence-corrected chi connectivity index (χ3v) is 4.68. The molecule has 0 amide bonds. The number of halogens is 1. The molecule has 5 heteroatoms. The molecular weight excluding hydrogens is 336 g/mol. The van der Waals surface area contributed by atoms with Gasteiger partial charge in [-0.2, -0.15) is 11.8 Å². The Kier molecular flexibility index (Phi) is 5.43. The minimum absolute atomic E-state index is 0.568. The van der Waals surface area contributed by atoms with Crippen LogP contribution in [0.2, 0.25) is 0 Å². The predicted molar refractivity (Wildman–Crippen MR) is 90.2 cm³/mol. The zero-order valence-corrected chi connectivity index (χ0v) is 14.1. The number of fused-ring (bicyclic) bond motifs is 1. The van der Waals surface area contributed by atoms with E-state index in [0.717, 1.165) is 26.7 Å². The first kappa shape index (κ1) is 15.8. The first-order valence-electron chi connectivity index (χ1n) is 6.48. The summed E-state index contributed by atoms with van der Waals surface area (Å²) in [6.45, 7) is 3.12. The lowest BCUT2D eigenvalue weighted by Gasteiger charge is -2.22. The molecule has 2 aromatic rings. The van der Waals surface area contributed by atoms with Crippen molar-refractivity contribution in [3.63, 3.8) is 0 Å². The Labute approximate surface area is 132 Å². The van der Waals surface area contributed by atoms with E-state index in [9.17, 15) is 5.11 Å². The third-order valence-electron chi connectivity index (χ3n) is 3.08. The number of benzene rings is 1. The summed E-state index contributed by atoms with van der Waals surface area (Å²) in [6.07, 6.45) is 3.81. The van der Waals surface area contributed by atoms with Crippen LogP contribution in [0, 0.1) is 0 Å². The van der Waals surface area contributed by atoms with Gasteiger partial charge in [0.1, 0.15) is 0 Å². The molecule has 3 nitrogen and oxygen atoms in total. The molecular formula is C15H19BrN2OS. The number of pyridine rings is 1. The number of aliphatic hydroxyl groups is 1. The van der Waals surface area contributed by atoms with Crippen molar-refractivity contribution < 1.29 is 5.11 Å². The van der Waals surface area contributed by atoms with Gasteiger partial charge in [-0.05, 0) is 30.9 Å². The van der Waals surface area contributed by atoms with Crippen molar-refractivity contribution in [3.05, 3.63) is 40.5 Å². The van der Waals surface area contributed by atoms with E-state index in [1.54, 1.807) is 11.8 Å². The molecule has 0 aliphatic carbocycles. The molecule has 0 radical (unpaired) electrons. The molecule has 1 aromatic heterocycles. The van der Waals surface area contributed by atoms with Gasteiger partial charge in [0.05, 0.1) is 11.1 Å². The lowest BCUT2D eigenvalue weighted by atomic mass is 10.1. The van der Waals surface area contributed by atoms with E-state index >= 15 is 0 Å². The molecule has 2 rings (SSSR count). The monoisotopic (exact) mass is 354 g/mol. The standard InChI is InChI=1S/C15H19BrN2OS/c1-15(19,10-20-2)9-17-8-11-5-6-13(16)12-4-3-7-18-14(11)12/h3-7,17,19H,8-10H2,1-2H3. The van der Waals surface area contributed by atoms with Crippen LogP contribution in [-0.4, -0.2) is 34.2 Å². The molecule has 0 bridgehead atoms. The average Bonchev–Trinajstić information content (AvgIpc) is 2.41. The van der Waals surface area contributed by atoms with Crippen LogP contribution >= 0.6 is 27.7 Å². The van der Waals surface area contributed by atoms with Crippen molar-refractivity contribution in [1.29, 1.82) is 0 Å². The number of hydrogen-bond donors (Lipinski definition) is 2. The van der Waals surface area contributed by atoms with Crippen molar-refractivity contribution in [3.8, 4) is 0 Å². The summed E-state index contributed by atoms with van der Waals surface area (Å²) in [5.41, 5.74) is 1.46. The number of aromatic nitrogens is 1. The Morgan fingerprint density at radius 2 is 2.20 bits per heavy atom. The number of thioether (sulfide) groups is 1. The number of hydrogen-bond acceptors (Lipinski definition) is 4. The largest absolute Gasteiger partial charge is 0.388 e. The van der Waals surface area contributed by atoms with Gasteiger partial charge in [-0.15, -0.1) is 0 Å². The van der Waals surface area contributed by atoms with Gasteiger partial charge in [0.25, 0.3) is 0 Å². The van der Waals surface area contributed by atoms with Crippen molar-refractivity contribution >= 4 is 38.6 Å². The smallest absolute Gasteiger partial charge is 0.0833 e. The van der Waals surface area contributed by atoms with E-state index in [2.05, 4.69) is 38.4 Å². The molecule has 1 aromatic carbocycles. The number of rotatable bonds is 6. The van der Waals surface area contributed by atoms with Gasteiger partial charge in [0.2, 0.25) is 0 Å². The maximum atomic E-state index is 10.1. The quantitative estimate of drug-likeness (QED) is 0.835. The number of nitrogens with one attached hydrogen (secondary N) is 1. The summed E-state index contributed by atoms with van der Waals surface area (Å²) in [4.78, 5) is 4.46. The van der Waals surface area contributed by atoms with Crippen molar-refractivity contribution in [1.82, 2.24) is 10.3 Å². The number of nitrogens with zero attached hydrogens (tertiary/aromatic N) is 1. The summed E-state index contributed by atoms with van der Waals surface area (Å²) in [7, 11) is 0. The molecule has 1 unspecified atom stereocenters. The summed E-state index contributed by atoms with van der Waals surface area (Å²) in [5, 5.41) is 14.6. The van der Waals surface area contributed by atoms with Crippen molar-refractivity contribution in [2.24, 2.45) is 0 Å². The average molecular weight is 355 g/mol. The van der Waals surface area contributed by atoms with Crippen LogP contribution in [0.4, 0.5) is 0 Å². The Morgan fingerprint density at radius 3 is 2.95 bits per heavy atom. The highest BCUT2D eigenvalue weighted by molar-refractivity contribution is 9.10. The molecule has 0 saturated heterocycles. The molecule has 2 N–H and O–H groups in total. The fourth-order valence-corrected chi connectivity index (χ4v) is 3.34. The zero-order valence-electron chi connectivity index (χ0n) is 11.7. The van der Waals surface area contributed by atoms with Gasteiger partial charge in [0.15, 0.2) is 0 Å². The lowest BCUT2D eigenvalue weighted by Crippen LogP contribution is -2.39. The topological polar surface area (TPSA) is 45.1 Å². The van der Waals surface area contributed by atoms with E-state index in [4.69, 9.17) is 0 Å². The maximum Gasteiger partial charge on any atom is 0.0833 e. The van der Waals surface area contributed by atoms with Gasteiger partial charge in [0, 0.05) is 34.9 Å². The van der Waals surface area contributed by atoms with Crippen LogP contribution < -0.4 is 5.32 Å². The fraction of sp³-hybridized carbons (Fsp3) is 0.400. The van der Waals surface area contributed by atoms with Gasteiger partial charge >= 0.3 is 0 Å². The second-order valence-corrected chi connectivity index (χ2v) is 6.86. The molecule has 1 atom stereocenters. The second kappa shape index (κ2) is 6.89. The molecule has 0 aliphatic rings. The first-order valence-corrected chi connectivity index (χ1v) is 8.66. The SMILES string of the molecule is CSCC(C)(O)CNCc1ccc(Br)c2cccnc12. The van der Waals surface area contributed by atoms with Gasteiger partial charge in [-0.3, -0.25) is 4.98 Å².